The van der Waals surface area contributed by atoms with E-state index in [1.54, 1.807) is 14.0 Å². The van der Waals surface area contributed by atoms with E-state index in [2.05, 4.69) is 0 Å². The van der Waals surface area contributed by atoms with Gasteiger partial charge in [-0.15, -0.1) is 0 Å². The predicted molar refractivity (Wildman–Crippen MR) is 65.7 cm³/mol. The number of ether oxygens (including phenoxy) is 2. The van der Waals surface area contributed by atoms with Gasteiger partial charge in [0.25, 0.3) is 0 Å². The Hall–Kier alpha value is -1.57. The van der Waals surface area contributed by atoms with Crippen molar-refractivity contribution in [1.82, 2.24) is 0 Å². The van der Waals surface area contributed by atoms with Gasteiger partial charge in [-0.2, -0.15) is 5.26 Å². The molecule has 0 heterocycles. The number of nitriles is 1. The highest BCUT2D eigenvalue weighted by atomic mass is 16.5. The summed E-state index contributed by atoms with van der Waals surface area (Å²) in [4.78, 5) is 0. The first kappa shape index (κ1) is 13.5. The second kappa shape index (κ2) is 6.24. The molecule has 4 nitrogen and oxygen atoms in total. The molecule has 2 N–H and O–H groups in total. The number of nitrogens with two attached hydrogens (primary N) is 1. The largest absolute Gasteiger partial charge is 0.491 e. The molecule has 0 fully saturated rings. The highest BCUT2D eigenvalue weighted by molar-refractivity contribution is 5.27. The molecule has 0 aliphatic heterocycles. The Labute approximate surface area is 102 Å². The third-order valence-corrected chi connectivity index (χ3v) is 2.31. The van der Waals surface area contributed by atoms with Gasteiger partial charge in [-0.25, -0.2) is 0 Å². The summed E-state index contributed by atoms with van der Waals surface area (Å²) in [5, 5.41) is 8.74. The molecule has 0 spiro atoms. The highest BCUT2D eigenvalue weighted by Gasteiger charge is 2.17. The van der Waals surface area contributed by atoms with Gasteiger partial charge in [0, 0.05) is 7.11 Å². The highest BCUT2D eigenvalue weighted by Crippen LogP contribution is 2.14. The SMILES string of the molecule is COCCc1ccc(OCC(C)(N)C#N)cc1. The standard InChI is InChI=1S/C13H18N2O2/c1-13(15,9-14)10-17-12-5-3-11(4-6-12)7-8-16-2/h3-6H,7-8,10,15H2,1-2H3. The minimum Gasteiger partial charge on any atom is -0.491 e. The van der Waals surface area contributed by atoms with Crippen molar-refractivity contribution >= 4 is 0 Å². The van der Waals surface area contributed by atoms with E-state index in [9.17, 15) is 0 Å². The zero-order valence-electron chi connectivity index (χ0n) is 10.3. The Morgan fingerprint density at radius 3 is 2.53 bits per heavy atom. The number of rotatable bonds is 6. The smallest absolute Gasteiger partial charge is 0.135 e. The first-order valence-corrected chi connectivity index (χ1v) is 5.48. The second-order valence-electron chi connectivity index (χ2n) is 4.20. The first-order chi connectivity index (χ1) is 8.07. The third-order valence-electron chi connectivity index (χ3n) is 2.31. The van der Waals surface area contributed by atoms with Crippen molar-refractivity contribution in [3.63, 3.8) is 0 Å². The van der Waals surface area contributed by atoms with E-state index in [1.807, 2.05) is 30.3 Å². The molecule has 1 aromatic carbocycles. The molecule has 0 saturated carbocycles. The normalized spacial score (nSPS) is 13.8. The molecule has 4 heteroatoms. The topological polar surface area (TPSA) is 68.3 Å². The summed E-state index contributed by atoms with van der Waals surface area (Å²) >= 11 is 0. The fourth-order valence-electron chi connectivity index (χ4n) is 1.24. The first-order valence-electron chi connectivity index (χ1n) is 5.48. The summed E-state index contributed by atoms with van der Waals surface area (Å²) in [5.41, 5.74) is 5.90. The summed E-state index contributed by atoms with van der Waals surface area (Å²) in [6.07, 6.45) is 0.879. The number of methoxy groups -OCH3 is 1. The Morgan fingerprint density at radius 1 is 1.35 bits per heavy atom. The molecular weight excluding hydrogens is 216 g/mol. The fourth-order valence-corrected chi connectivity index (χ4v) is 1.24. The molecular formula is C13H18N2O2. The van der Waals surface area contributed by atoms with E-state index in [0.29, 0.717) is 6.61 Å². The van der Waals surface area contributed by atoms with Crippen molar-refractivity contribution in [2.24, 2.45) is 5.73 Å². The molecule has 0 aliphatic carbocycles. The van der Waals surface area contributed by atoms with Gasteiger partial charge in [0.15, 0.2) is 0 Å². The average Bonchev–Trinajstić information content (AvgIpc) is 2.35. The zero-order valence-corrected chi connectivity index (χ0v) is 10.3. The maximum Gasteiger partial charge on any atom is 0.135 e. The van der Waals surface area contributed by atoms with E-state index in [1.165, 1.54) is 5.56 Å². The van der Waals surface area contributed by atoms with E-state index in [4.69, 9.17) is 20.5 Å². The molecule has 1 rings (SSSR count). The van der Waals surface area contributed by atoms with Crippen LogP contribution in [0, 0.1) is 11.3 Å². The van der Waals surface area contributed by atoms with Crippen LogP contribution in [0.25, 0.3) is 0 Å². The van der Waals surface area contributed by atoms with Crippen LogP contribution in [-0.2, 0) is 11.2 Å². The van der Waals surface area contributed by atoms with Crippen molar-refractivity contribution in [2.45, 2.75) is 18.9 Å². The number of nitrogens with zero attached hydrogens (tertiary/aromatic N) is 1. The zero-order chi connectivity index (χ0) is 12.7. The minimum absolute atomic E-state index is 0.181. The molecule has 1 unspecified atom stereocenters. The van der Waals surface area contributed by atoms with Gasteiger partial charge in [0.2, 0.25) is 0 Å². The summed E-state index contributed by atoms with van der Waals surface area (Å²) in [6, 6.07) is 9.70. The minimum atomic E-state index is -0.950. The van der Waals surface area contributed by atoms with Gasteiger partial charge in [-0.1, -0.05) is 12.1 Å². The average molecular weight is 234 g/mol. The molecule has 0 aromatic heterocycles. The molecule has 0 radical (unpaired) electrons. The van der Waals surface area contributed by atoms with E-state index in [0.717, 1.165) is 12.2 Å². The van der Waals surface area contributed by atoms with Gasteiger partial charge in [0.05, 0.1) is 12.7 Å². The van der Waals surface area contributed by atoms with Gasteiger partial charge in [0.1, 0.15) is 17.9 Å². The van der Waals surface area contributed by atoms with Crippen LogP contribution in [0.1, 0.15) is 12.5 Å². The lowest BCUT2D eigenvalue weighted by Gasteiger charge is -2.16. The lowest BCUT2D eigenvalue weighted by Crippen LogP contribution is -2.40. The second-order valence-corrected chi connectivity index (χ2v) is 4.20. The van der Waals surface area contributed by atoms with Crippen LogP contribution < -0.4 is 10.5 Å². The molecule has 17 heavy (non-hydrogen) atoms. The Kier molecular flexibility index (Phi) is 4.95. The molecule has 0 amide bonds. The molecule has 92 valence electrons. The number of benzene rings is 1. The van der Waals surface area contributed by atoms with Crippen molar-refractivity contribution < 1.29 is 9.47 Å². The molecule has 0 aliphatic rings. The number of hydrogen-bond acceptors (Lipinski definition) is 4. The Bertz CT molecular complexity index is 379. The van der Waals surface area contributed by atoms with E-state index < -0.39 is 5.54 Å². The lowest BCUT2D eigenvalue weighted by atomic mass is 10.1. The van der Waals surface area contributed by atoms with Gasteiger partial charge < -0.3 is 15.2 Å². The van der Waals surface area contributed by atoms with Crippen LogP contribution in [0.5, 0.6) is 5.75 Å². The summed E-state index contributed by atoms with van der Waals surface area (Å²) in [6.45, 7) is 2.52. The van der Waals surface area contributed by atoms with Crippen LogP contribution in [-0.4, -0.2) is 25.9 Å². The van der Waals surface area contributed by atoms with Crippen LogP contribution in [0.4, 0.5) is 0 Å². The van der Waals surface area contributed by atoms with Gasteiger partial charge >= 0.3 is 0 Å². The Balaban J connectivity index is 2.49. The van der Waals surface area contributed by atoms with E-state index in [-0.39, 0.29) is 6.61 Å². The molecule has 1 atom stereocenters. The van der Waals surface area contributed by atoms with Crippen molar-refractivity contribution in [3.05, 3.63) is 29.8 Å². The van der Waals surface area contributed by atoms with Crippen molar-refractivity contribution in [2.75, 3.05) is 20.3 Å². The van der Waals surface area contributed by atoms with Crippen LogP contribution in [0.15, 0.2) is 24.3 Å². The molecule has 0 bridgehead atoms. The van der Waals surface area contributed by atoms with Crippen LogP contribution in [0.2, 0.25) is 0 Å². The Morgan fingerprint density at radius 2 is 2.00 bits per heavy atom. The fraction of sp³-hybridized carbons (Fsp3) is 0.462. The quantitative estimate of drug-likeness (QED) is 0.809. The van der Waals surface area contributed by atoms with Crippen molar-refractivity contribution in [1.29, 1.82) is 5.26 Å². The van der Waals surface area contributed by atoms with Crippen molar-refractivity contribution in [3.8, 4) is 11.8 Å². The monoisotopic (exact) mass is 234 g/mol. The summed E-state index contributed by atoms with van der Waals surface area (Å²) < 4.78 is 10.4. The maximum atomic E-state index is 8.74. The summed E-state index contributed by atoms with van der Waals surface area (Å²) in [7, 11) is 1.68. The molecule has 0 saturated heterocycles. The van der Waals surface area contributed by atoms with E-state index >= 15 is 0 Å². The summed E-state index contributed by atoms with van der Waals surface area (Å²) in [5.74, 6) is 0.720. The number of hydrogen-bond donors (Lipinski definition) is 1. The maximum absolute atomic E-state index is 8.74. The lowest BCUT2D eigenvalue weighted by molar-refractivity contribution is 0.202. The molecule has 1 aromatic rings. The van der Waals surface area contributed by atoms with Gasteiger partial charge in [-0.3, -0.25) is 0 Å². The van der Waals surface area contributed by atoms with Gasteiger partial charge in [-0.05, 0) is 31.0 Å². The third kappa shape index (κ3) is 4.85. The van der Waals surface area contributed by atoms with Crippen LogP contribution in [0.3, 0.4) is 0 Å². The predicted octanol–water partition coefficient (Wildman–Crippen LogP) is 1.50. The van der Waals surface area contributed by atoms with Crippen LogP contribution >= 0.6 is 0 Å².